The molecular weight excluding hydrogens is 497 g/mol. The standard InChI is InChI=1S/C26H26FN5O4S/c27-10-11-29-14-17-1-3-18(4-2-17)22-13-24(36-32-22)25-26(28)30-15-23(31-25)19-5-7-20(8-6-19)37(33,34)21-9-12-35-16-21/h1-8,13,15,21,29H,9-12,14,16H2,(H2,28,30). The summed E-state index contributed by atoms with van der Waals surface area (Å²) in [5.41, 5.74) is 10.1. The molecule has 37 heavy (non-hydrogen) atoms. The molecule has 3 N–H and O–H groups in total. The molecule has 0 spiro atoms. The van der Waals surface area contributed by atoms with Gasteiger partial charge in [0.1, 0.15) is 12.4 Å². The number of nitrogens with one attached hydrogen (secondary N) is 1. The molecule has 1 unspecified atom stereocenters. The fourth-order valence-electron chi connectivity index (χ4n) is 4.10. The number of hydrogen-bond donors (Lipinski definition) is 2. The highest BCUT2D eigenvalue weighted by Crippen LogP contribution is 2.30. The van der Waals surface area contributed by atoms with Crippen LogP contribution in [0, 0.1) is 0 Å². The lowest BCUT2D eigenvalue weighted by Gasteiger charge is -2.10. The number of hydrogen-bond acceptors (Lipinski definition) is 9. The first-order valence-corrected chi connectivity index (χ1v) is 13.4. The minimum atomic E-state index is -3.45. The number of rotatable bonds is 9. The number of sulfone groups is 1. The van der Waals surface area contributed by atoms with E-state index in [1.807, 2.05) is 24.3 Å². The second kappa shape index (κ2) is 10.8. The van der Waals surface area contributed by atoms with Crippen molar-refractivity contribution >= 4 is 15.7 Å². The second-order valence-electron chi connectivity index (χ2n) is 8.68. The molecule has 4 aromatic rings. The monoisotopic (exact) mass is 523 g/mol. The zero-order chi connectivity index (χ0) is 25.8. The molecule has 5 rings (SSSR count). The molecule has 1 saturated heterocycles. The fraction of sp³-hybridized carbons (Fsp3) is 0.269. The molecule has 2 aromatic heterocycles. The molecule has 0 bridgehead atoms. The summed E-state index contributed by atoms with van der Waals surface area (Å²) in [6.07, 6.45) is 2.03. The van der Waals surface area contributed by atoms with Crippen molar-refractivity contribution in [3.05, 3.63) is 66.4 Å². The number of anilines is 1. The molecule has 2 aromatic carbocycles. The maximum Gasteiger partial charge on any atom is 0.189 e. The molecule has 1 aliphatic heterocycles. The number of alkyl halides is 1. The van der Waals surface area contributed by atoms with Crippen LogP contribution in [0.4, 0.5) is 10.2 Å². The van der Waals surface area contributed by atoms with E-state index in [1.165, 1.54) is 6.20 Å². The predicted octanol–water partition coefficient (Wildman–Crippen LogP) is 3.67. The average molecular weight is 524 g/mol. The van der Waals surface area contributed by atoms with Gasteiger partial charge >= 0.3 is 0 Å². The highest BCUT2D eigenvalue weighted by molar-refractivity contribution is 7.92. The Morgan fingerprint density at radius 1 is 1.05 bits per heavy atom. The number of ether oxygens (including phenoxy) is 1. The van der Waals surface area contributed by atoms with Crippen LogP contribution in [0.1, 0.15) is 12.0 Å². The van der Waals surface area contributed by atoms with E-state index < -0.39 is 21.8 Å². The average Bonchev–Trinajstić information content (AvgIpc) is 3.63. The Kier molecular flexibility index (Phi) is 7.26. The Hall–Kier alpha value is -3.67. The minimum Gasteiger partial charge on any atom is -0.382 e. The Labute approximate surface area is 213 Å². The van der Waals surface area contributed by atoms with Gasteiger partial charge in [-0.1, -0.05) is 41.6 Å². The van der Waals surface area contributed by atoms with Crippen LogP contribution in [0.25, 0.3) is 34.0 Å². The first-order valence-electron chi connectivity index (χ1n) is 11.8. The van der Waals surface area contributed by atoms with Crippen LogP contribution in [-0.4, -0.2) is 55.2 Å². The van der Waals surface area contributed by atoms with E-state index in [0.717, 1.165) is 11.1 Å². The quantitative estimate of drug-likeness (QED) is 0.315. The van der Waals surface area contributed by atoms with Crippen LogP contribution in [0.15, 0.2) is 70.2 Å². The summed E-state index contributed by atoms with van der Waals surface area (Å²) in [7, 11) is -3.45. The van der Waals surface area contributed by atoms with E-state index in [1.54, 1.807) is 30.3 Å². The van der Waals surface area contributed by atoms with Crippen molar-refractivity contribution in [2.75, 3.05) is 32.2 Å². The SMILES string of the molecule is Nc1ncc(-c2ccc(S(=O)(=O)C3CCOC3)cc2)nc1-c1cc(-c2ccc(CNCCF)cc2)no1. The van der Waals surface area contributed by atoms with Gasteiger partial charge in [-0.15, -0.1) is 0 Å². The van der Waals surface area contributed by atoms with Gasteiger partial charge in [-0.3, -0.25) is 0 Å². The molecule has 0 radical (unpaired) electrons. The third kappa shape index (κ3) is 5.38. The van der Waals surface area contributed by atoms with Gasteiger partial charge in [0.2, 0.25) is 0 Å². The van der Waals surface area contributed by atoms with E-state index >= 15 is 0 Å². The molecule has 1 atom stereocenters. The normalized spacial score (nSPS) is 15.8. The van der Waals surface area contributed by atoms with Crippen molar-refractivity contribution in [2.45, 2.75) is 23.1 Å². The molecule has 0 aliphatic carbocycles. The number of halogens is 1. The first-order chi connectivity index (χ1) is 18.0. The number of nitrogens with two attached hydrogens (primary N) is 1. The van der Waals surface area contributed by atoms with E-state index in [-0.39, 0.29) is 17.3 Å². The Morgan fingerprint density at radius 3 is 2.49 bits per heavy atom. The van der Waals surface area contributed by atoms with Crippen LogP contribution in [0.3, 0.4) is 0 Å². The fourth-order valence-corrected chi connectivity index (χ4v) is 5.68. The van der Waals surface area contributed by atoms with Crippen LogP contribution in [-0.2, 0) is 21.1 Å². The lowest BCUT2D eigenvalue weighted by atomic mass is 10.1. The van der Waals surface area contributed by atoms with Crippen molar-refractivity contribution in [1.29, 1.82) is 0 Å². The maximum absolute atomic E-state index is 12.8. The van der Waals surface area contributed by atoms with Crippen molar-refractivity contribution in [3.8, 4) is 34.0 Å². The summed E-state index contributed by atoms with van der Waals surface area (Å²) in [6, 6.07) is 16.0. The van der Waals surface area contributed by atoms with Crippen LogP contribution >= 0.6 is 0 Å². The summed E-state index contributed by atoms with van der Waals surface area (Å²) < 4.78 is 48.6. The van der Waals surface area contributed by atoms with E-state index in [9.17, 15) is 12.8 Å². The molecule has 0 amide bonds. The molecule has 192 valence electrons. The number of nitrogens with zero attached hydrogens (tertiary/aromatic N) is 3. The van der Waals surface area contributed by atoms with Gasteiger partial charge in [0, 0.05) is 36.9 Å². The lowest BCUT2D eigenvalue weighted by Crippen LogP contribution is -2.21. The number of benzene rings is 2. The van der Waals surface area contributed by atoms with Crippen molar-refractivity contribution < 1.29 is 22.1 Å². The predicted molar refractivity (Wildman–Crippen MR) is 137 cm³/mol. The van der Waals surface area contributed by atoms with Gasteiger partial charge in [-0.25, -0.2) is 22.8 Å². The highest BCUT2D eigenvalue weighted by atomic mass is 32.2. The number of nitrogen functional groups attached to an aromatic ring is 1. The van der Waals surface area contributed by atoms with Gasteiger partial charge in [0.15, 0.2) is 27.1 Å². The smallest absolute Gasteiger partial charge is 0.189 e. The summed E-state index contributed by atoms with van der Waals surface area (Å²) in [4.78, 5) is 9.12. The Morgan fingerprint density at radius 2 is 1.78 bits per heavy atom. The summed E-state index contributed by atoms with van der Waals surface area (Å²) >= 11 is 0. The van der Waals surface area contributed by atoms with Gasteiger partial charge in [-0.2, -0.15) is 0 Å². The number of aromatic nitrogens is 3. The first kappa shape index (κ1) is 25.0. The van der Waals surface area contributed by atoms with Gasteiger partial charge < -0.3 is 20.3 Å². The lowest BCUT2D eigenvalue weighted by molar-refractivity contribution is 0.198. The molecule has 0 saturated carbocycles. The Balaban J connectivity index is 1.36. The van der Waals surface area contributed by atoms with Crippen LogP contribution < -0.4 is 11.1 Å². The van der Waals surface area contributed by atoms with E-state index in [0.29, 0.717) is 54.5 Å². The maximum atomic E-state index is 12.8. The molecule has 9 nitrogen and oxygen atoms in total. The summed E-state index contributed by atoms with van der Waals surface area (Å²) in [5.74, 6) is 0.539. The second-order valence-corrected chi connectivity index (χ2v) is 10.9. The minimum absolute atomic E-state index is 0.182. The molecule has 1 aliphatic rings. The largest absolute Gasteiger partial charge is 0.382 e. The topological polar surface area (TPSA) is 133 Å². The summed E-state index contributed by atoms with van der Waals surface area (Å²) in [6.45, 7) is 1.16. The molecule has 3 heterocycles. The molecular formula is C26H26FN5O4S. The van der Waals surface area contributed by atoms with Crippen LogP contribution in [0.2, 0.25) is 0 Å². The Bertz CT molecular complexity index is 1470. The van der Waals surface area contributed by atoms with Crippen molar-refractivity contribution in [1.82, 2.24) is 20.4 Å². The van der Waals surface area contributed by atoms with E-state index in [4.69, 9.17) is 15.0 Å². The van der Waals surface area contributed by atoms with Crippen LogP contribution in [0.5, 0.6) is 0 Å². The zero-order valence-electron chi connectivity index (χ0n) is 19.9. The van der Waals surface area contributed by atoms with Gasteiger partial charge in [-0.05, 0) is 24.1 Å². The third-order valence-corrected chi connectivity index (χ3v) is 8.38. The highest BCUT2D eigenvalue weighted by Gasteiger charge is 2.31. The third-order valence-electron chi connectivity index (χ3n) is 6.20. The zero-order valence-corrected chi connectivity index (χ0v) is 20.7. The van der Waals surface area contributed by atoms with E-state index in [2.05, 4.69) is 20.4 Å². The van der Waals surface area contributed by atoms with Gasteiger partial charge in [0.05, 0.1) is 28.6 Å². The van der Waals surface area contributed by atoms with Crippen molar-refractivity contribution in [3.63, 3.8) is 0 Å². The molecule has 11 heteroatoms. The molecule has 1 fully saturated rings. The van der Waals surface area contributed by atoms with Crippen molar-refractivity contribution in [2.24, 2.45) is 0 Å². The summed E-state index contributed by atoms with van der Waals surface area (Å²) in [5, 5.41) is 6.64. The van der Waals surface area contributed by atoms with Gasteiger partial charge in [0.25, 0.3) is 0 Å².